The van der Waals surface area contributed by atoms with Gasteiger partial charge in [0, 0.05) is 0 Å². The van der Waals surface area contributed by atoms with Crippen LogP contribution in [0.1, 0.15) is 13.8 Å². The van der Waals surface area contributed by atoms with Gasteiger partial charge < -0.3 is 10.0 Å². The highest BCUT2D eigenvalue weighted by molar-refractivity contribution is 9.10. The van der Waals surface area contributed by atoms with Gasteiger partial charge in [0.05, 0.1) is 4.73 Å². The minimum Gasteiger partial charge on any atom is -0.426 e. The number of alkyl halides is 1. The Morgan fingerprint density at radius 3 is 1.75 bits per heavy atom. The van der Waals surface area contributed by atoms with E-state index in [0.29, 0.717) is 0 Å². The average Bonchev–Trinajstić information content (AvgIpc) is 1.64. The minimum atomic E-state index is -1.24. The molecule has 4 heteroatoms. The highest BCUT2D eigenvalue weighted by Crippen LogP contribution is 2.11. The molecule has 0 amide bonds. The first-order valence-corrected chi connectivity index (χ1v) is 3.47. The third-order valence-electron chi connectivity index (χ3n) is 0.922. The zero-order chi connectivity index (χ0) is 6.73. The van der Waals surface area contributed by atoms with Crippen LogP contribution in [0.15, 0.2) is 0 Å². The Morgan fingerprint density at radius 2 is 1.75 bits per heavy atom. The van der Waals surface area contributed by atoms with Crippen LogP contribution in [-0.4, -0.2) is 21.9 Å². The lowest BCUT2D eigenvalue weighted by molar-refractivity contribution is 0.391. The summed E-state index contributed by atoms with van der Waals surface area (Å²) < 4.78 is -0.206. The van der Waals surface area contributed by atoms with Crippen molar-refractivity contribution < 1.29 is 10.0 Å². The van der Waals surface area contributed by atoms with Crippen LogP contribution in [0.25, 0.3) is 0 Å². The van der Waals surface area contributed by atoms with Crippen molar-refractivity contribution in [2.75, 3.05) is 0 Å². The van der Waals surface area contributed by atoms with Gasteiger partial charge in [-0.3, -0.25) is 0 Å². The van der Waals surface area contributed by atoms with Gasteiger partial charge in [0.15, 0.2) is 0 Å². The molecular formula is C4H10BBrO2. The van der Waals surface area contributed by atoms with E-state index in [4.69, 9.17) is 10.0 Å². The SMILES string of the molecule is CC(C)C(Br)B(O)O. The molecule has 0 radical (unpaired) electrons. The maximum Gasteiger partial charge on any atom is 0.466 e. The molecule has 0 saturated carbocycles. The fourth-order valence-corrected chi connectivity index (χ4v) is 0.344. The van der Waals surface area contributed by atoms with Crippen LogP contribution in [0.3, 0.4) is 0 Å². The van der Waals surface area contributed by atoms with Crippen molar-refractivity contribution in [3.63, 3.8) is 0 Å². The van der Waals surface area contributed by atoms with Crippen molar-refractivity contribution in [1.82, 2.24) is 0 Å². The second kappa shape index (κ2) is 3.48. The van der Waals surface area contributed by atoms with Gasteiger partial charge in [-0.1, -0.05) is 29.8 Å². The number of hydrogen-bond acceptors (Lipinski definition) is 2. The molecule has 0 aliphatic rings. The zero-order valence-electron chi connectivity index (χ0n) is 5.00. The van der Waals surface area contributed by atoms with Crippen molar-refractivity contribution in [3.05, 3.63) is 0 Å². The minimum absolute atomic E-state index is 0.206. The molecule has 0 aromatic heterocycles. The van der Waals surface area contributed by atoms with Gasteiger partial charge in [0.1, 0.15) is 0 Å². The van der Waals surface area contributed by atoms with Crippen LogP contribution < -0.4 is 0 Å². The molecule has 0 aromatic carbocycles. The molecule has 0 aliphatic heterocycles. The molecule has 0 rings (SSSR count). The van der Waals surface area contributed by atoms with E-state index in [1.165, 1.54) is 0 Å². The van der Waals surface area contributed by atoms with E-state index in [0.717, 1.165) is 0 Å². The third kappa shape index (κ3) is 2.69. The van der Waals surface area contributed by atoms with Crippen LogP contribution in [0.5, 0.6) is 0 Å². The lowest BCUT2D eigenvalue weighted by Crippen LogP contribution is -2.29. The molecule has 0 saturated heterocycles. The Morgan fingerprint density at radius 1 is 1.38 bits per heavy atom. The predicted octanol–water partition coefficient (Wildman–Crippen LogP) is 0.418. The maximum absolute atomic E-state index is 8.50. The standard InChI is InChI=1S/C4H10BBrO2/c1-3(2)4(6)5(7)8/h3-4,7-8H,1-2H3. The second-order valence-electron chi connectivity index (χ2n) is 2.10. The Labute approximate surface area is 58.2 Å². The molecule has 48 valence electrons. The molecule has 1 atom stereocenters. The van der Waals surface area contributed by atoms with E-state index < -0.39 is 7.12 Å². The van der Waals surface area contributed by atoms with Gasteiger partial charge in [-0.15, -0.1) is 0 Å². The normalized spacial score (nSPS) is 14.2. The fourth-order valence-electron chi connectivity index (χ4n) is 0.344. The summed E-state index contributed by atoms with van der Waals surface area (Å²) in [4.78, 5) is 0. The highest BCUT2D eigenvalue weighted by Gasteiger charge is 2.22. The molecule has 0 bridgehead atoms. The topological polar surface area (TPSA) is 40.5 Å². The summed E-state index contributed by atoms with van der Waals surface area (Å²) in [6.07, 6.45) is 0. The van der Waals surface area contributed by atoms with Crippen molar-refractivity contribution in [2.45, 2.75) is 18.6 Å². The molecule has 8 heavy (non-hydrogen) atoms. The van der Waals surface area contributed by atoms with Gasteiger partial charge in [0.2, 0.25) is 0 Å². The largest absolute Gasteiger partial charge is 0.466 e. The summed E-state index contributed by atoms with van der Waals surface area (Å²) in [6, 6.07) is 0. The van der Waals surface area contributed by atoms with Crippen LogP contribution >= 0.6 is 15.9 Å². The van der Waals surface area contributed by atoms with E-state index in [1.807, 2.05) is 13.8 Å². The van der Waals surface area contributed by atoms with Gasteiger partial charge in [-0.25, -0.2) is 0 Å². The fraction of sp³-hybridized carbons (Fsp3) is 1.00. The Bertz CT molecular complexity index is 59.1. The summed E-state index contributed by atoms with van der Waals surface area (Å²) in [5.74, 6) is 0.259. The second-order valence-corrected chi connectivity index (χ2v) is 3.16. The molecule has 2 N–H and O–H groups in total. The highest BCUT2D eigenvalue weighted by atomic mass is 79.9. The van der Waals surface area contributed by atoms with Crippen LogP contribution in [0, 0.1) is 5.92 Å². The van der Waals surface area contributed by atoms with Gasteiger partial charge in [0.25, 0.3) is 0 Å². The summed E-state index contributed by atoms with van der Waals surface area (Å²) in [5, 5.41) is 17.0. The smallest absolute Gasteiger partial charge is 0.426 e. The number of hydrogen-bond donors (Lipinski definition) is 2. The predicted molar refractivity (Wildman–Crippen MR) is 37.7 cm³/mol. The Balaban J connectivity index is 3.46. The number of rotatable bonds is 2. The Hall–Kier alpha value is 0.465. The monoisotopic (exact) mass is 180 g/mol. The molecule has 0 aliphatic carbocycles. The molecule has 0 aromatic rings. The van der Waals surface area contributed by atoms with E-state index in [2.05, 4.69) is 15.9 Å². The van der Waals surface area contributed by atoms with Gasteiger partial charge in [-0.05, 0) is 5.92 Å². The van der Waals surface area contributed by atoms with Crippen molar-refractivity contribution in [1.29, 1.82) is 0 Å². The van der Waals surface area contributed by atoms with Gasteiger partial charge >= 0.3 is 7.12 Å². The third-order valence-corrected chi connectivity index (χ3v) is 2.45. The number of halogens is 1. The van der Waals surface area contributed by atoms with Crippen LogP contribution in [0.2, 0.25) is 0 Å². The van der Waals surface area contributed by atoms with E-state index in [-0.39, 0.29) is 10.6 Å². The van der Waals surface area contributed by atoms with Crippen molar-refractivity contribution in [2.24, 2.45) is 5.92 Å². The lowest BCUT2D eigenvalue weighted by Gasteiger charge is -2.10. The molecule has 0 spiro atoms. The molecular weight excluding hydrogens is 171 g/mol. The Kier molecular flexibility index (Phi) is 3.69. The first-order chi connectivity index (χ1) is 3.55. The first kappa shape index (κ1) is 8.46. The van der Waals surface area contributed by atoms with Crippen molar-refractivity contribution >= 4 is 23.0 Å². The van der Waals surface area contributed by atoms with Gasteiger partial charge in [-0.2, -0.15) is 0 Å². The van der Waals surface area contributed by atoms with E-state index >= 15 is 0 Å². The summed E-state index contributed by atoms with van der Waals surface area (Å²) in [5.41, 5.74) is 0. The summed E-state index contributed by atoms with van der Waals surface area (Å²) >= 11 is 3.11. The molecule has 0 heterocycles. The first-order valence-electron chi connectivity index (χ1n) is 2.56. The van der Waals surface area contributed by atoms with E-state index in [9.17, 15) is 0 Å². The average molecular weight is 181 g/mol. The van der Waals surface area contributed by atoms with Crippen molar-refractivity contribution in [3.8, 4) is 0 Å². The lowest BCUT2D eigenvalue weighted by atomic mass is 9.80. The summed E-state index contributed by atoms with van der Waals surface area (Å²) in [6.45, 7) is 3.83. The maximum atomic E-state index is 8.50. The van der Waals surface area contributed by atoms with Crippen LogP contribution in [0.4, 0.5) is 0 Å². The molecule has 2 nitrogen and oxygen atoms in total. The molecule has 0 fully saturated rings. The van der Waals surface area contributed by atoms with E-state index in [1.54, 1.807) is 0 Å². The zero-order valence-corrected chi connectivity index (χ0v) is 6.59. The van der Waals surface area contributed by atoms with Crippen LogP contribution in [-0.2, 0) is 0 Å². The molecule has 1 unspecified atom stereocenters. The quantitative estimate of drug-likeness (QED) is 0.478. The summed E-state index contributed by atoms with van der Waals surface area (Å²) in [7, 11) is -1.24.